The molecular formula is C27H30N2O2. The molecule has 1 atom stereocenters. The van der Waals surface area contributed by atoms with E-state index in [0.717, 1.165) is 35.6 Å². The highest BCUT2D eigenvalue weighted by molar-refractivity contribution is 5.84. The van der Waals surface area contributed by atoms with Crippen LogP contribution >= 0.6 is 0 Å². The summed E-state index contributed by atoms with van der Waals surface area (Å²) >= 11 is 0. The Morgan fingerprint density at radius 1 is 0.935 bits per heavy atom. The first-order chi connectivity index (χ1) is 15.1. The SMILES string of the molecule is CCC(NCc1ccc(OC)c(-c2ccc(OC)cc2)c1)c1cccc2c1ccn2C. The fourth-order valence-corrected chi connectivity index (χ4v) is 4.21. The Bertz CT molecular complexity index is 1160. The van der Waals surface area contributed by atoms with Gasteiger partial charge in [0.1, 0.15) is 11.5 Å². The third kappa shape index (κ3) is 4.30. The second-order valence-electron chi connectivity index (χ2n) is 7.81. The summed E-state index contributed by atoms with van der Waals surface area (Å²) in [5.74, 6) is 1.72. The van der Waals surface area contributed by atoms with E-state index in [2.05, 4.69) is 84.6 Å². The van der Waals surface area contributed by atoms with Crippen LogP contribution in [0.2, 0.25) is 0 Å². The fraction of sp³-hybridized carbons (Fsp3) is 0.259. The molecule has 0 amide bonds. The number of hydrogen-bond acceptors (Lipinski definition) is 3. The lowest BCUT2D eigenvalue weighted by atomic mass is 9.99. The number of nitrogens with one attached hydrogen (secondary N) is 1. The molecule has 3 aromatic carbocycles. The summed E-state index contributed by atoms with van der Waals surface area (Å²) in [7, 11) is 5.49. The van der Waals surface area contributed by atoms with E-state index < -0.39 is 0 Å². The number of methoxy groups -OCH3 is 2. The summed E-state index contributed by atoms with van der Waals surface area (Å²) in [6, 6.07) is 23.6. The van der Waals surface area contributed by atoms with Crippen LogP contribution in [0.5, 0.6) is 11.5 Å². The molecule has 1 aromatic heterocycles. The van der Waals surface area contributed by atoms with Crippen LogP contribution in [0, 0.1) is 0 Å². The Morgan fingerprint density at radius 3 is 2.45 bits per heavy atom. The smallest absolute Gasteiger partial charge is 0.126 e. The second-order valence-corrected chi connectivity index (χ2v) is 7.81. The van der Waals surface area contributed by atoms with Gasteiger partial charge in [0.15, 0.2) is 0 Å². The standard InChI is InChI=1S/C27H30N2O2/c1-5-25(22-7-6-8-26-23(22)15-16-29(26)2)28-18-19-9-14-27(31-4)24(17-19)20-10-12-21(30-3)13-11-20/h6-17,25,28H,5,18H2,1-4H3. The van der Waals surface area contributed by atoms with Crippen LogP contribution < -0.4 is 14.8 Å². The summed E-state index contributed by atoms with van der Waals surface area (Å²) < 4.78 is 13.1. The van der Waals surface area contributed by atoms with E-state index in [1.165, 1.54) is 22.0 Å². The maximum absolute atomic E-state index is 5.62. The molecule has 0 saturated heterocycles. The maximum atomic E-state index is 5.62. The van der Waals surface area contributed by atoms with Gasteiger partial charge in [0.05, 0.1) is 14.2 Å². The third-order valence-electron chi connectivity index (χ3n) is 5.96. The van der Waals surface area contributed by atoms with Gasteiger partial charge in [-0.15, -0.1) is 0 Å². The number of nitrogens with zero attached hydrogens (tertiary/aromatic N) is 1. The van der Waals surface area contributed by atoms with Gasteiger partial charge in [-0.25, -0.2) is 0 Å². The van der Waals surface area contributed by atoms with Crippen LogP contribution in [0.1, 0.15) is 30.5 Å². The Kier molecular flexibility index (Phi) is 6.28. The lowest BCUT2D eigenvalue weighted by Crippen LogP contribution is -2.20. The topological polar surface area (TPSA) is 35.4 Å². The molecule has 0 aliphatic rings. The Hall–Kier alpha value is -3.24. The van der Waals surface area contributed by atoms with Crippen LogP contribution in [0.4, 0.5) is 0 Å². The maximum Gasteiger partial charge on any atom is 0.126 e. The number of rotatable bonds is 8. The van der Waals surface area contributed by atoms with E-state index in [1.54, 1.807) is 14.2 Å². The summed E-state index contributed by atoms with van der Waals surface area (Å²) in [5.41, 5.74) is 6.04. The third-order valence-corrected chi connectivity index (χ3v) is 5.96. The molecule has 0 aliphatic heterocycles. The molecule has 1 N–H and O–H groups in total. The monoisotopic (exact) mass is 414 g/mol. The molecule has 0 radical (unpaired) electrons. The Balaban J connectivity index is 1.58. The first kappa shape index (κ1) is 21.0. The van der Waals surface area contributed by atoms with Gasteiger partial charge in [-0.1, -0.05) is 37.3 Å². The van der Waals surface area contributed by atoms with Crippen LogP contribution in [0.15, 0.2) is 72.9 Å². The summed E-state index contributed by atoms with van der Waals surface area (Å²) in [6.45, 7) is 3.02. The molecule has 0 saturated carbocycles. The first-order valence-electron chi connectivity index (χ1n) is 10.7. The van der Waals surface area contributed by atoms with E-state index >= 15 is 0 Å². The van der Waals surface area contributed by atoms with Crippen molar-refractivity contribution in [3.63, 3.8) is 0 Å². The first-order valence-corrected chi connectivity index (χ1v) is 10.7. The molecule has 1 unspecified atom stereocenters. The van der Waals surface area contributed by atoms with E-state index in [4.69, 9.17) is 9.47 Å². The van der Waals surface area contributed by atoms with Crippen molar-refractivity contribution in [1.82, 2.24) is 9.88 Å². The molecule has 1 heterocycles. The van der Waals surface area contributed by atoms with Gasteiger partial charge < -0.3 is 19.4 Å². The number of benzene rings is 3. The van der Waals surface area contributed by atoms with Crippen molar-refractivity contribution in [2.24, 2.45) is 7.05 Å². The van der Waals surface area contributed by atoms with Crippen molar-refractivity contribution < 1.29 is 9.47 Å². The van der Waals surface area contributed by atoms with Crippen LogP contribution in [-0.2, 0) is 13.6 Å². The highest BCUT2D eigenvalue weighted by Gasteiger charge is 2.14. The molecule has 160 valence electrons. The lowest BCUT2D eigenvalue weighted by Gasteiger charge is -2.19. The number of aromatic nitrogens is 1. The second kappa shape index (κ2) is 9.27. The molecule has 4 heteroatoms. The van der Waals surface area contributed by atoms with Gasteiger partial charge in [0.25, 0.3) is 0 Å². The molecular weight excluding hydrogens is 384 g/mol. The summed E-state index contributed by atoms with van der Waals surface area (Å²) in [5, 5.41) is 5.09. The number of aryl methyl sites for hydroxylation is 1. The zero-order valence-corrected chi connectivity index (χ0v) is 18.7. The average molecular weight is 415 g/mol. The Morgan fingerprint density at radius 2 is 1.74 bits per heavy atom. The van der Waals surface area contributed by atoms with Crippen molar-refractivity contribution in [2.75, 3.05) is 14.2 Å². The number of fused-ring (bicyclic) bond motifs is 1. The number of hydrogen-bond donors (Lipinski definition) is 1. The van der Waals surface area contributed by atoms with Gasteiger partial charge in [-0.3, -0.25) is 0 Å². The quantitative estimate of drug-likeness (QED) is 0.378. The summed E-state index contributed by atoms with van der Waals surface area (Å²) in [6.07, 6.45) is 3.15. The minimum absolute atomic E-state index is 0.289. The van der Waals surface area contributed by atoms with Crippen molar-refractivity contribution in [1.29, 1.82) is 0 Å². The Labute approximate surface area is 184 Å². The molecule has 0 bridgehead atoms. The van der Waals surface area contributed by atoms with Crippen molar-refractivity contribution in [2.45, 2.75) is 25.9 Å². The molecule has 4 nitrogen and oxygen atoms in total. The normalized spacial score (nSPS) is 12.1. The zero-order valence-electron chi connectivity index (χ0n) is 18.7. The molecule has 4 rings (SSSR count). The fourth-order valence-electron chi connectivity index (χ4n) is 4.21. The van der Waals surface area contributed by atoms with Crippen LogP contribution in [0.25, 0.3) is 22.0 Å². The van der Waals surface area contributed by atoms with Gasteiger partial charge >= 0.3 is 0 Å². The van der Waals surface area contributed by atoms with E-state index in [-0.39, 0.29) is 6.04 Å². The largest absolute Gasteiger partial charge is 0.497 e. The van der Waals surface area contributed by atoms with E-state index in [0.29, 0.717) is 0 Å². The van der Waals surface area contributed by atoms with Gasteiger partial charge in [-0.2, -0.15) is 0 Å². The lowest BCUT2D eigenvalue weighted by molar-refractivity contribution is 0.414. The summed E-state index contributed by atoms with van der Waals surface area (Å²) in [4.78, 5) is 0. The highest BCUT2D eigenvalue weighted by atomic mass is 16.5. The molecule has 4 aromatic rings. The predicted molar refractivity (Wildman–Crippen MR) is 128 cm³/mol. The van der Waals surface area contributed by atoms with Gasteiger partial charge in [0.2, 0.25) is 0 Å². The zero-order chi connectivity index (χ0) is 21.8. The van der Waals surface area contributed by atoms with Crippen molar-refractivity contribution in [3.8, 4) is 22.6 Å². The minimum Gasteiger partial charge on any atom is -0.497 e. The van der Waals surface area contributed by atoms with Crippen molar-refractivity contribution >= 4 is 10.9 Å². The van der Waals surface area contributed by atoms with Crippen LogP contribution in [-0.4, -0.2) is 18.8 Å². The minimum atomic E-state index is 0.289. The molecule has 0 spiro atoms. The van der Waals surface area contributed by atoms with Crippen LogP contribution in [0.3, 0.4) is 0 Å². The predicted octanol–water partition coefficient (Wildman–Crippen LogP) is 6.10. The number of ether oxygens (including phenoxy) is 2. The molecule has 31 heavy (non-hydrogen) atoms. The molecule has 0 fully saturated rings. The average Bonchev–Trinajstić information content (AvgIpc) is 3.21. The van der Waals surface area contributed by atoms with E-state index in [1.807, 2.05) is 12.1 Å². The highest BCUT2D eigenvalue weighted by Crippen LogP contribution is 2.33. The van der Waals surface area contributed by atoms with Gasteiger partial charge in [-0.05, 0) is 59.5 Å². The van der Waals surface area contributed by atoms with Gasteiger partial charge in [0, 0.05) is 42.3 Å². The van der Waals surface area contributed by atoms with Crippen molar-refractivity contribution in [3.05, 3.63) is 84.1 Å². The molecule has 0 aliphatic carbocycles. The van der Waals surface area contributed by atoms with E-state index in [9.17, 15) is 0 Å².